The molecule has 0 bridgehead atoms. The largest absolute Gasteiger partial charge is 0.383 e. The van der Waals surface area contributed by atoms with Crippen LogP contribution in [0.15, 0.2) is 16.7 Å². The number of hydrogen-bond acceptors (Lipinski definition) is 4. The summed E-state index contributed by atoms with van der Waals surface area (Å²) in [4.78, 5) is 18.5. The van der Waals surface area contributed by atoms with Gasteiger partial charge in [0.05, 0.1) is 5.56 Å². The van der Waals surface area contributed by atoms with Gasteiger partial charge < -0.3 is 16.0 Å². The smallest absolute Gasteiger partial charge is 0.255 e. The molecule has 1 unspecified atom stereocenters. The molecular weight excluding hydrogens is 332 g/mol. The van der Waals surface area contributed by atoms with Crippen LogP contribution >= 0.6 is 15.9 Å². The lowest BCUT2D eigenvalue weighted by molar-refractivity contribution is 0.0938. The topological polar surface area (TPSA) is 71.2 Å². The fourth-order valence-electron chi connectivity index (χ4n) is 2.17. The van der Waals surface area contributed by atoms with Gasteiger partial charge in [-0.15, -0.1) is 0 Å². The lowest BCUT2D eigenvalue weighted by atomic mass is 10.1. The van der Waals surface area contributed by atoms with E-state index in [4.69, 9.17) is 5.73 Å². The molecule has 5 nitrogen and oxygen atoms in total. The molecule has 1 heterocycles. The minimum Gasteiger partial charge on any atom is -0.383 e. The Labute approximate surface area is 135 Å². The van der Waals surface area contributed by atoms with Gasteiger partial charge in [-0.3, -0.25) is 4.79 Å². The zero-order valence-electron chi connectivity index (χ0n) is 13.0. The molecule has 3 N–H and O–H groups in total. The molecule has 1 aromatic heterocycles. The molecule has 0 aliphatic heterocycles. The summed E-state index contributed by atoms with van der Waals surface area (Å²) in [5.41, 5.74) is 6.16. The summed E-state index contributed by atoms with van der Waals surface area (Å²) < 4.78 is 0.746. The van der Waals surface area contributed by atoms with Gasteiger partial charge in [-0.2, -0.15) is 0 Å². The number of aromatic nitrogens is 1. The predicted octanol–water partition coefficient (Wildman–Crippen LogP) is 2.67. The highest BCUT2D eigenvalue weighted by Gasteiger charge is 2.14. The molecule has 0 saturated heterocycles. The van der Waals surface area contributed by atoms with Crippen molar-refractivity contribution >= 4 is 27.7 Å². The van der Waals surface area contributed by atoms with E-state index in [0.29, 0.717) is 5.56 Å². The molecule has 0 aliphatic rings. The standard InChI is InChI=1S/C15H25BrN4O/c1-4-20(5-2)8-6-7-11(3)19-15(21)13-9-12(16)10-18-14(13)17/h9-11H,4-8H2,1-3H3,(H2,17,18)(H,19,21). The van der Waals surface area contributed by atoms with Gasteiger partial charge in [0.15, 0.2) is 0 Å². The molecule has 6 heteroatoms. The summed E-state index contributed by atoms with van der Waals surface area (Å²) in [5, 5.41) is 2.98. The summed E-state index contributed by atoms with van der Waals surface area (Å²) in [6, 6.07) is 1.81. The normalized spacial score (nSPS) is 12.4. The highest BCUT2D eigenvalue weighted by atomic mass is 79.9. The van der Waals surface area contributed by atoms with Crippen molar-refractivity contribution in [3.05, 3.63) is 22.3 Å². The Bertz CT molecular complexity index is 463. The van der Waals surface area contributed by atoms with Crippen LogP contribution in [0.1, 0.15) is 44.0 Å². The zero-order chi connectivity index (χ0) is 15.8. The third kappa shape index (κ3) is 6.01. The van der Waals surface area contributed by atoms with E-state index in [-0.39, 0.29) is 17.8 Å². The van der Waals surface area contributed by atoms with Crippen LogP contribution in [-0.2, 0) is 0 Å². The van der Waals surface area contributed by atoms with Gasteiger partial charge in [-0.05, 0) is 61.4 Å². The van der Waals surface area contributed by atoms with Crippen LogP contribution < -0.4 is 11.1 Å². The van der Waals surface area contributed by atoms with Gasteiger partial charge >= 0.3 is 0 Å². The van der Waals surface area contributed by atoms with Crippen LogP contribution in [0.4, 0.5) is 5.82 Å². The molecule has 0 radical (unpaired) electrons. The van der Waals surface area contributed by atoms with E-state index in [1.54, 1.807) is 12.3 Å². The second-order valence-corrected chi connectivity index (χ2v) is 6.05. The van der Waals surface area contributed by atoms with Gasteiger partial charge in [0, 0.05) is 16.7 Å². The Morgan fingerprint density at radius 2 is 2.14 bits per heavy atom. The van der Waals surface area contributed by atoms with Gasteiger partial charge in [0.25, 0.3) is 5.91 Å². The zero-order valence-corrected chi connectivity index (χ0v) is 14.6. The van der Waals surface area contributed by atoms with E-state index < -0.39 is 0 Å². The number of carbonyl (C=O) groups excluding carboxylic acids is 1. The molecule has 0 aliphatic carbocycles. The van der Waals surface area contributed by atoms with Crippen molar-refractivity contribution in [1.82, 2.24) is 15.2 Å². The maximum Gasteiger partial charge on any atom is 0.255 e. The van der Waals surface area contributed by atoms with E-state index in [2.05, 4.69) is 45.0 Å². The number of rotatable bonds is 8. The molecule has 0 spiro atoms. The maximum absolute atomic E-state index is 12.2. The molecule has 1 atom stereocenters. The van der Waals surface area contributed by atoms with E-state index in [1.165, 1.54) is 0 Å². The van der Waals surface area contributed by atoms with Crippen molar-refractivity contribution in [2.75, 3.05) is 25.4 Å². The van der Waals surface area contributed by atoms with E-state index >= 15 is 0 Å². The number of nitrogens with one attached hydrogen (secondary N) is 1. The molecular formula is C15H25BrN4O. The van der Waals surface area contributed by atoms with Crippen molar-refractivity contribution in [2.24, 2.45) is 0 Å². The van der Waals surface area contributed by atoms with Gasteiger partial charge in [-0.1, -0.05) is 13.8 Å². The van der Waals surface area contributed by atoms with Crippen molar-refractivity contribution < 1.29 is 4.79 Å². The number of amides is 1. The first-order valence-electron chi connectivity index (χ1n) is 7.42. The quantitative estimate of drug-likeness (QED) is 0.750. The number of nitrogen functional groups attached to an aromatic ring is 1. The number of halogens is 1. The minimum atomic E-state index is -0.170. The Morgan fingerprint density at radius 1 is 1.48 bits per heavy atom. The number of carbonyl (C=O) groups is 1. The highest BCUT2D eigenvalue weighted by Crippen LogP contribution is 2.15. The Balaban J connectivity index is 2.45. The fourth-order valence-corrected chi connectivity index (χ4v) is 2.50. The van der Waals surface area contributed by atoms with Crippen LogP contribution in [0.5, 0.6) is 0 Å². The summed E-state index contributed by atoms with van der Waals surface area (Å²) in [6.07, 6.45) is 3.60. The second kappa shape index (κ2) is 9.00. The number of pyridine rings is 1. The van der Waals surface area contributed by atoms with Crippen LogP contribution in [0.25, 0.3) is 0 Å². The first kappa shape index (κ1) is 17.9. The number of nitrogens with two attached hydrogens (primary N) is 1. The molecule has 118 valence electrons. The Hall–Kier alpha value is -1.14. The minimum absolute atomic E-state index is 0.117. The second-order valence-electron chi connectivity index (χ2n) is 5.13. The SMILES string of the molecule is CCN(CC)CCCC(C)NC(=O)c1cc(Br)cnc1N. The highest BCUT2D eigenvalue weighted by molar-refractivity contribution is 9.10. The summed E-state index contributed by atoms with van der Waals surface area (Å²) in [7, 11) is 0. The molecule has 1 aromatic rings. The van der Waals surface area contributed by atoms with Crippen LogP contribution in [0.2, 0.25) is 0 Å². The van der Waals surface area contributed by atoms with E-state index in [9.17, 15) is 4.79 Å². The fraction of sp³-hybridized carbons (Fsp3) is 0.600. The van der Waals surface area contributed by atoms with Crippen LogP contribution in [0.3, 0.4) is 0 Å². The number of hydrogen-bond donors (Lipinski definition) is 2. The number of anilines is 1. The molecule has 0 fully saturated rings. The summed E-state index contributed by atoms with van der Waals surface area (Å²) in [5.74, 6) is 0.0858. The Kier molecular flexibility index (Phi) is 7.67. The van der Waals surface area contributed by atoms with E-state index in [1.807, 2.05) is 6.92 Å². The first-order valence-corrected chi connectivity index (χ1v) is 8.21. The first-order chi connectivity index (χ1) is 9.97. The van der Waals surface area contributed by atoms with Gasteiger partial charge in [-0.25, -0.2) is 4.98 Å². The van der Waals surface area contributed by atoms with E-state index in [0.717, 1.165) is 36.9 Å². The van der Waals surface area contributed by atoms with Crippen molar-refractivity contribution in [1.29, 1.82) is 0 Å². The molecule has 1 rings (SSSR count). The average Bonchev–Trinajstić information content (AvgIpc) is 2.46. The maximum atomic E-state index is 12.2. The molecule has 21 heavy (non-hydrogen) atoms. The summed E-state index contributed by atoms with van der Waals surface area (Å²) >= 11 is 3.30. The monoisotopic (exact) mass is 356 g/mol. The molecule has 0 aromatic carbocycles. The average molecular weight is 357 g/mol. The van der Waals surface area contributed by atoms with Crippen molar-refractivity contribution in [3.8, 4) is 0 Å². The third-order valence-corrected chi connectivity index (χ3v) is 3.95. The van der Waals surface area contributed by atoms with Crippen molar-refractivity contribution in [2.45, 2.75) is 39.7 Å². The summed E-state index contributed by atoms with van der Waals surface area (Å²) in [6.45, 7) is 9.54. The van der Waals surface area contributed by atoms with Crippen LogP contribution in [0, 0.1) is 0 Å². The molecule has 1 amide bonds. The molecule has 0 saturated carbocycles. The van der Waals surface area contributed by atoms with Crippen molar-refractivity contribution in [3.63, 3.8) is 0 Å². The Morgan fingerprint density at radius 3 is 2.76 bits per heavy atom. The van der Waals surface area contributed by atoms with Gasteiger partial charge in [0.2, 0.25) is 0 Å². The lowest BCUT2D eigenvalue weighted by Gasteiger charge is -2.20. The van der Waals surface area contributed by atoms with Crippen LogP contribution in [-0.4, -0.2) is 41.5 Å². The number of nitrogens with zero attached hydrogens (tertiary/aromatic N) is 2. The third-order valence-electron chi connectivity index (χ3n) is 3.51. The predicted molar refractivity (Wildman–Crippen MR) is 90.3 cm³/mol. The van der Waals surface area contributed by atoms with Gasteiger partial charge in [0.1, 0.15) is 5.82 Å². The lowest BCUT2D eigenvalue weighted by Crippen LogP contribution is -2.34.